The van der Waals surface area contributed by atoms with E-state index in [1.165, 1.54) is 0 Å². The summed E-state index contributed by atoms with van der Waals surface area (Å²) in [6, 6.07) is 8.89. The van der Waals surface area contributed by atoms with E-state index in [4.69, 9.17) is 5.73 Å². The highest BCUT2D eigenvalue weighted by Crippen LogP contribution is 2.21. The van der Waals surface area contributed by atoms with Gasteiger partial charge < -0.3 is 11.1 Å². The Kier molecular flexibility index (Phi) is 3.90. The van der Waals surface area contributed by atoms with Crippen molar-refractivity contribution in [1.29, 1.82) is 0 Å². The maximum Gasteiger partial charge on any atom is 0.241 e. The Hall–Kier alpha value is -2.14. The molecule has 0 spiro atoms. The second kappa shape index (κ2) is 5.46. The molecule has 0 aliphatic rings. The normalized spacial score (nSPS) is 13.0. The molecule has 0 aliphatic carbocycles. The third-order valence-electron chi connectivity index (χ3n) is 3.18. The van der Waals surface area contributed by atoms with Crippen LogP contribution in [0, 0.1) is 5.41 Å². The summed E-state index contributed by atoms with van der Waals surface area (Å²) in [5, 5.41) is 9.63. The molecule has 0 radical (unpaired) electrons. The summed E-state index contributed by atoms with van der Waals surface area (Å²) in [5.41, 5.74) is 8.35. The minimum atomic E-state index is -0.546. The highest BCUT2D eigenvalue weighted by molar-refractivity contribution is 5.95. The number of carbonyl (C=O) groups excluding carboxylic acids is 1. The molecular weight excluding hydrogens is 252 g/mol. The summed E-state index contributed by atoms with van der Waals surface area (Å²) in [6.07, 6.45) is 1.70. The van der Waals surface area contributed by atoms with Crippen LogP contribution in [0.3, 0.4) is 0 Å². The van der Waals surface area contributed by atoms with Gasteiger partial charge in [-0.1, -0.05) is 32.9 Å². The minimum Gasteiger partial charge on any atom is -0.325 e. The fourth-order valence-electron chi connectivity index (χ4n) is 1.76. The molecule has 5 heteroatoms. The number of hydrogen-bond donors (Lipinski definition) is 3. The average molecular weight is 272 g/mol. The van der Waals surface area contributed by atoms with Crippen molar-refractivity contribution in [2.24, 2.45) is 11.1 Å². The number of rotatable bonds is 3. The monoisotopic (exact) mass is 272 g/mol. The molecule has 2 rings (SSSR count). The molecule has 20 heavy (non-hydrogen) atoms. The number of carbonyl (C=O) groups is 1. The van der Waals surface area contributed by atoms with Crippen LogP contribution < -0.4 is 11.1 Å². The minimum absolute atomic E-state index is 0.174. The Balaban J connectivity index is 2.06. The van der Waals surface area contributed by atoms with Crippen molar-refractivity contribution in [2.75, 3.05) is 5.32 Å². The zero-order valence-corrected chi connectivity index (χ0v) is 12.0. The maximum atomic E-state index is 12.0. The van der Waals surface area contributed by atoms with E-state index in [0.29, 0.717) is 0 Å². The van der Waals surface area contributed by atoms with Gasteiger partial charge in [-0.15, -0.1) is 0 Å². The lowest BCUT2D eigenvalue weighted by Crippen LogP contribution is -2.45. The first-order valence-electron chi connectivity index (χ1n) is 6.54. The number of nitrogens with zero attached hydrogens (tertiary/aromatic N) is 1. The first-order chi connectivity index (χ1) is 9.38. The topological polar surface area (TPSA) is 83.8 Å². The summed E-state index contributed by atoms with van der Waals surface area (Å²) in [6.45, 7) is 5.83. The van der Waals surface area contributed by atoms with Crippen LogP contribution in [-0.2, 0) is 4.79 Å². The molecule has 0 saturated carbocycles. The van der Waals surface area contributed by atoms with E-state index in [1.807, 2.05) is 51.1 Å². The molecule has 1 amide bonds. The SMILES string of the molecule is CC(C)(C)[C@H](N)C(=O)Nc1ccc(-c2ccn[nH]2)cc1. The largest absolute Gasteiger partial charge is 0.325 e. The van der Waals surface area contributed by atoms with E-state index in [2.05, 4.69) is 15.5 Å². The van der Waals surface area contributed by atoms with Crippen molar-refractivity contribution in [3.05, 3.63) is 36.5 Å². The smallest absolute Gasteiger partial charge is 0.241 e. The van der Waals surface area contributed by atoms with Gasteiger partial charge in [0.25, 0.3) is 0 Å². The fourth-order valence-corrected chi connectivity index (χ4v) is 1.76. The quantitative estimate of drug-likeness (QED) is 0.802. The third kappa shape index (κ3) is 3.24. The van der Waals surface area contributed by atoms with E-state index < -0.39 is 6.04 Å². The van der Waals surface area contributed by atoms with E-state index in [9.17, 15) is 4.79 Å². The molecule has 0 fully saturated rings. The molecule has 1 heterocycles. The van der Waals surface area contributed by atoms with Gasteiger partial charge in [0, 0.05) is 11.9 Å². The van der Waals surface area contributed by atoms with E-state index in [-0.39, 0.29) is 11.3 Å². The van der Waals surface area contributed by atoms with Crippen LogP contribution in [0.1, 0.15) is 20.8 Å². The maximum absolute atomic E-state index is 12.0. The number of benzene rings is 1. The Labute approximate surface area is 118 Å². The lowest BCUT2D eigenvalue weighted by Gasteiger charge is -2.25. The Morgan fingerprint density at radius 3 is 2.40 bits per heavy atom. The molecule has 106 valence electrons. The highest BCUT2D eigenvalue weighted by Gasteiger charge is 2.27. The van der Waals surface area contributed by atoms with Crippen molar-refractivity contribution in [3.8, 4) is 11.3 Å². The number of aromatic nitrogens is 2. The van der Waals surface area contributed by atoms with Crippen LogP contribution in [-0.4, -0.2) is 22.1 Å². The molecule has 5 nitrogen and oxygen atoms in total. The summed E-state index contributed by atoms with van der Waals surface area (Å²) in [5.74, 6) is -0.174. The van der Waals surface area contributed by atoms with Gasteiger partial charge in [-0.25, -0.2) is 0 Å². The van der Waals surface area contributed by atoms with Gasteiger partial charge in [0.05, 0.1) is 11.7 Å². The number of hydrogen-bond acceptors (Lipinski definition) is 3. The van der Waals surface area contributed by atoms with Gasteiger partial charge in [0.1, 0.15) is 0 Å². The molecule has 0 bridgehead atoms. The molecule has 0 aliphatic heterocycles. The summed E-state index contributed by atoms with van der Waals surface area (Å²) >= 11 is 0. The van der Waals surface area contributed by atoms with Crippen molar-refractivity contribution in [2.45, 2.75) is 26.8 Å². The van der Waals surface area contributed by atoms with E-state index in [1.54, 1.807) is 6.20 Å². The zero-order chi connectivity index (χ0) is 14.8. The second-order valence-electron chi connectivity index (χ2n) is 5.88. The molecule has 1 aromatic heterocycles. The van der Waals surface area contributed by atoms with Crippen LogP contribution in [0.15, 0.2) is 36.5 Å². The second-order valence-corrected chi connectivity index (χ2v) is 5.88. The number of anilines is 1. The molecule has 1 aromatic carbocycles. The van der Waals surface area contributed by atoms with Crippen LogP contribution in [0.4, 0.5) is 5.69 Å². The number of amides is 1. The molecule has 4 N–H and O–H groups in total. The summed E-state index contributed by atoms with van der Waals surface area (Å²) in [7, 11) is 0. The van der Waals surface area contributed by atoms with Crippen molar-refractivity contribution in [1.82, 2.24) is 10.2 Å². The Morgan fingerprint density at radius 1 is 1.25 bits per heavy atom. The third-order valence-corrected chi connectivity index (χ3v) is 3.18. The van der Waals surface area contributed by atoms with Gasteiger partial charge in [-0.2, -0.15) is 5.10 Å². The molecule has 2 aromatic rings. The van der Waals surface area contributed by atoms with Gasteiger partial charge in [-0.3, -0.25) is 9.89 Å². The van der Waals surface area contributed by atoms with Crippen LogP contribution in [0.25, 0.3) is 11.3 Å². The van der Waals surface area contributed by atoms with Crippen LogP contribution >= 0.6 is 0 Å². The predicted octanol–water partition coefficient (Wildman–Crippen LogP) is 2.39. The van der Waals surface area contributed by atoms with Crippen molar-refractivity contribution < 1.29 is 4.79 Å². The fraction of sp³-hybridized carbons (Fsp3) is 0.333. The predicted molar refractivity (Wildman–Crippen MR) is 80.1 cm³/mol. The van der Waals surface area contributed by atoms with Gasteiger partial charge >= 0.3 is 0 Å². The van der Waals surface area contributed by atoms with Crippen molar-refractivity contribution >= 4 is 11.6 Å². The lowest BCUT2D eigenvalue weighted by atomic mass is 9.87. The first-order valence-corrected chi connectivity index (χ1v) is 6.54. The number of nitrogens with two attached hydrogens (primary N) is 1. The number of H-pyrrole nitrogens is 1. The van der Waals surface area contributed by atoms with Crippen LogP contribution in [0.5, 0.6) is 0 Å². The van der Waals surface area contributed by atoms with Gasteiger partial charge in [-0.05, 0) is 29.2 Å². The van der Waals surface area contributed by atoms with Crippen LogP contribution in [0.2, 0.25) is 0 Å². The number of nitrogens with one attached hydrogen (secondary N) is 2. The molecule has 0 unspecified atom stereocenters. The van der Waals surface area contributed by atoms with Crippen molar-refractivity contribution in [3.63, 3.8) is 0 Å². The Bertz CT molecular complexity index is 567. The standard InChI is InChI=1S/C15H20N4O/c1-15(2,3)13(16)14(20)18-11-6-4-10(5-7-11)12-8-9-17-19-12/h4-9,13H,16H2,1-3H3,(H,17,19)(H,18,20)/t13-/m1/s1. The number of aromatic amines is 1. The lowest BCUT2D eigenvalue weighted by molar-refractivity contribution is -0.119. The average Bonchev–Trinajstić information content (AvgIpc) is 2.91. The summed E-state index contributed by atoms with van der Waals surface area (Å²) in [4.78, 5) is 12.0. The van der Waals surface area contributed by atoms with Gasteiger partial charge in [0.2, 0.25) is 5.91 Å². The molecule has 0 saturated heterocycles. The van der Waals surface area contributed by atoms with E-state index >= 15 is 0 Å². The Morgan fingerprint density at radius 2 is 1.90 bits per heavy atom. The van der Waals surface area contributed by atoms with E-state index in [0.717, 1.165) is 16.9 Å². The highest BCUT2D eigenvalue weighted by atomic mass is 16.2. The first kappa shape index (κ1) is 14.3. The summed E-state index contributed by atoms with van der Waals surface area (Å²) < 4.78 is 0. The van der Waals surface area contributed by atoms with Gasteiger partial charge in [0.15, 0.2) is 0 Å². The zero-order valence-electron chi connectivity index (χ0n) is 12.0. The molecular formula is C15H20N4O. The molecule has 1 atom stereocenters.